The third kappa shape index (κ3) is 5.19. The number of pyridine rings is 2. The molecule has 1 aliphatic carbocycles. The lowest BCUT2D eigenvalue weighted by Gasteiger charge is -2.16. The normalized spacial score (nSPS) is 16.0. The number of carboxylic acid groups (broad SMARTS) is 1. The van der Waals surface area contributed by atoms with E-state index >= 15 is 0 Å². The van der Waals surface area contributed by atoms with Crippen LogP contribution in [0.15, 0.2) is 46.8 Å². The number of rotatable bonds is 7. The number of carbonyl (C=O) groups is 1. The summed E-state index contributed by atoms with van der Waals surface area (Å²) in [6, 6.07) is 8.83. The van der Waals surface area contributed by atoms with E-state index in [-0.39, 0.29) is 53.7 Å². The first kappa shape index (κ1) is 28.6. The van der Waals surface area contributed by atoms with Gasteiger partial charge >= 0.3 is 5.97 Å². The van der Waals surface area contributed by atoms with Crippen LogP contribution in [0.4, 0.5) is 8.78 Å². The van der Waals surface area contributed by atoms with E-state index in [9.17, 15) is 28.7 Å². The number of fused-ring (bicyclic) bond motifs is 2. The van der Waals surface area contributed by atoms with Crippen molar-refractivity contribution in [2.75, 3.05) is 6.61 Å². The average molecular weight is 622 g/mol. The van der Waals surface area contributed by atoms with Gasteiger partial charge in [0, 0.05) is 46.5 Å². The van der Waals surface area contributed by atoms with E-state index < -0.39 is 29.8 Å². The second kappa shape index (κ2) is 11.0. The molecule has 1 aromatic carbocycles. The summed E-state index contributed by atoms with van der Waals surface area (Å²) >= 11 is 7.56. The molecule has 0 aliphatic heterocycles. The molecule has 5 aromatic rings. The number of thiophene rings is 1. The van der Waals surface area contributed by atoms with Crippen molar-refractivity contribution in [1.29, 1.82) is 5.26 Å². The molecule has 1 atom stereocenters. The predicted octanol–water partition coefficient (Wildman–Crippen LogP) is 6.58. The fraction of sp³-hybridized carbons (Fsp3) is 0.267. The zero-order chi connectivity index (χ0) is 30.5. The summed E-state index contributed by atoms with van der Waals surface area (Å²) in [5, 5.41) is 21.5. The molecule has 1 N–H and O–H groups in total. The van der Waals surface area contributed by atoms with Gasteiger partial charge in [-0.25, -0.2) is 18.6 Å². The van der Waals surface area contributed by atoms with Crippen molar-refractivity contribution in [3.8, 4) is 22.9 Å². The van der Waals surface area contributed by atoms with Crippen LogP contribution in [0.2, 0.25) is 5.02 Å². The minimum absolute atomic E-state index is 0.0225. The maximum atomic E-state index is 13.9. The lowest BCUT2D eigenvalue weighted by Crippen LogP contribution is -2.27. The van der Waals surface area contributed by atoms with E-state index in [0.29, 0.717) is 37.9 Å². The van der Waals surface area contributed by atoms with Crippen LogP contribution in [0.5, 0.6) is 5.75 Å². The first-order valence-corrected chi connectivity index (χ1v) is 14.5. The molecule has 1 unspecified atom stereocenters. The van der Waals surface area contributed by atoms with Gasteiger partial charge in [0.15, 0.2) is 0 Å². The summed E-state index contributed by atoms with van der Waals surface area (Å²) < 4.78 is 36.0. The Hall–Kier alpha value is -4.47. The molecule has 1 aliphatic rings. The van der Waals surface area contributed by atoms with Crippen LogP contribution in [-0.2, 0) is 6.54 Å². The Morgan fingerprint density at radius 3 is 2.84 bits per heavy atom. The molecular weight excluding hydrogens is 600 g/mol. The maximum absolute atomic E-state index is 13.9. The van der Waals surface area contributed by atoms with E-state index in [1.54, 1.807) is 31.2 Å². The maximum Gasteiger partial charge on any atom is 0.338 e. The second-order valence-corrected chi connectivity index (χ2v) is 11.6. The van der Waals surface area contributed by atoms with Crippen molar-refractivity contribution in [2.45, 2.75) is 44.6 Å². The molecule has 0 radical (unpaired) electrons. The highest BCUT2D eigenvalue weighted by Gasteiger charge is 2.41. The van der Waals surface area contributed by atoms with E-state index in [2.05, 4.69) is 15.0 Å². The number of carboxylic acids is 1. The van der Waals surface area contributed by atoms with E-state index in [1.807, 2.05) is 6.07 Å². The molecule has 0 bridgehead atoms. The van der Waals surface area contributed by atoms with Crippen LogP contribution in [0.3, 0.4) is 0 Å². The fourth-order valence-corrected chi connectivity index (χ4v) is 6.79. The van der Waals surface area contributed by atoms with Gasteiger partial charge in [0.2, 0.25) is 5.92 Å². The van der Waals surface area contributed by atoms with Gasteiger partial charge in [-0.1, -0.05) is 11.6 Å². The van der Waals surface area contributed by atoms with Gasteiger partial charge in [-0.3, -0.25) is 19.3 Å². The first-order chi connectivity index (χ1) is 20.6. The Kier molecular flexibility index (Phi) is 7.31. The van der Waals surface area contributed by atoms with Gasteiger partial charge in [-0.2, -0.15) is 5.26 Å². The molecule has 1 saturated carbocycles. The Labute approximate surface area is 252 Å². The van der Waals surface area contributed by atoms with E-state index in [1.165, 1.54) is 33.7 Å². The van der Waals surface area contributed by atoms with Crippen LogP contribution in [0.1, 0.15) is 52.6 Å². The van der Waals surface area contributed by atoms with Crippen LogP contribution in [0.25, 0.3) is 32.2 Å². The van der Waals surface area contributed by atoms with Crippen molar-refractivity contribution >= 4 is 50.0 Å². The number of hydrogen-bond donors (Lipinski definition) is 1. The van der Waals surface area contributed by atoms with Crippen LogP contribution in [-0.4, -0.2) is 43.1 Å². The van der Waals surface area contributed by atoms with Gasteiger partial charge in [-0.15, -0.1) is 11.3 Å². The number of nitriles is 1. The molecule has 9 nitrogen and oxygen atoms in total. The quantitative estimate of drug-likeness (QED) is 0.216. The Morgan fingerprint density at radius 2 is 2.12 bits per heavy atom. The van der Waals surface area contributed by atoms with Crippen molar-refractivity contribution in [1.82, 2.24) is 19.5 Å². The zero-order valence-electron chi connectivity index (χ0n) is 22.6. The molecule has 0 spiro atoms. The second-order valence-electron chi connectivity index (χ2n) is 10.3. The summed E-state index contributed by atoms with van der Waals surface area (Å²) in [4.78, 5) is 38.3. The zero-order valence-corrected chi connectivity index (χ0v) is 24.2. The van der Waals surface area contributed by atoms with Crippen molar-refractivity contribution in [2.24, 2.45) is 0 Å². The smallest absolute Gasteiger partial charge is 0.338 e. The van der Waals surface area contributed by atoms with Crippen molar-refractivity contribution in [3.63, 3.8) is 0 Å². The van der Waals surface area contributed by atoms with Gasteiger partial charge in [0.25, 0.3) is 5.56 Å². The number of aryl methyl sites for hydroxylation is 1. The summed E-state index contributed by atoms with van der Waals surface area (Å²) in [5.74, 6) is -3.70. The highest BCUT2D eigenvalue weighted by atomic mass is 35.5. The Morgan fingerprint density at radius 1 is 1.30 bits per heavy atom. The van der Waals surface area contributed by atoms with Crippen LogP contribution < -0.4 is 10.3 Å². The Bertz CT molecular complexity index is 2040. The number of aromatic carboxylic acids is 1. The topological polar surface area (TPSA) is 131 Å². The number of ether oxygens (including phenoxy) is 1. The highest BCUT2D eigenvalue weighted by Crippen LogP contribution is 2.45. The number of nitrogens with zero attached hydrogens (tertiary/aromatic N) is 5. The molecule has 218 valence electrons. The van der Waals surface area contributed by atoms with Crippen molar-refractivity contribution < 1.29 is 23.4 Å². The number of benzene rings is 1. The molecule has 43 heavy (non-hydrogen) atoms. The Balaban J connectivity index is 1.33. The lowest BCUT2D eigenvalue weighted by molar-refractivity contribution is 0.00764. The van der Waals surface area contributed by atoms with Crippen LogP contribution in [0, 0.1) is 18.3 Å². The molecule has 1 fully saturated rings. The van der Waals surface area contributed by atoms with Gasteiger partial charge < -0.3 is 9.84 Å². The third-order valence-electron chi connectivity index (χ3n) is 7.61. The van der Waals surface area contributed by atoms with Gasteiger partial charge in [0.05, 0.1) is 50.7 Å². The third-order valence-corrected chi connectivity index (χ3v) is 8.85. The molecule has 0 saturated heterocycles. The number of aromatic nitrogens is 4. The van der Waals surface area contributed by atoms with Gasteiger partial charge in [-0.05, 0) is 37.6 Å². The number of halogens is 3. The molecular formula is C30H22ClF2N5O4S. The first-order valence-electron chi connectivity index (χ1n) is 13.3. The molecule has 6 rings (SSSR count). The van der Waals surface area contributed by atoms with Crippen molar-refractivity contribution in [3.05, 3.63) is 80.1 Å². The standard InChI is InChI=1S/C30H22ClF2N5O4S/c1-15-37-22-13-36-25(16-4-6-30(32,33)11-16)20(12-34)24(22)28(39)38(15)8-9-42-23-3-2-17(31)10-19(23)18-5-7-35-26-21(29(40)41)14-43-27(18)26/h2-3,5,7,10,13-14,16H,4,6,8-9,11H2,1H3,(H,40,41). The highest BCUT2D eigenvalue weighted by molar-refractivity contribution is 7.18. The molecule has 13 heteroatoms. The summed E-state index contributed by atoms with van der Waals surface area (Å²) in [7, 11) is 0. The lowest BCUT2D eigenvalue weighted by atomic mass is 9.96. The predicted molar refractivity (Wildman–Crippen MR) is 157 cm³/mol. The largest absolute Gasteiger partial charge is 0.491 e. The summed E-state index contributed by atoms with van der Waals surface area (Å²) in [6.45, 7) is 1.76. The van der Waals surface area contributed by atoms with Crippen LogP contribution >= 0.6 is 22.9 Å². The SMILES string of the molecule is Cc1nc2cnc(C3CCC(F)(F)C3)c(C#N)c2c(=O)n1CCOc1ccc(Cl)cc1-c1ccnc2c(C(=O)O)csc12. The van der Waals surface area contributed by atoms with E-state index in [4.69, 9.17) is 16.3 Å². The minimum Gasteiger partial charge on any atom is -0.491 e. The number of alkyl halides is 2. The minimum atomic E-state index is -2.83. The van der Waals surface area contributed by atoms with Gasteiger partial charge in [0.1, 0.15) is 24.3 Å². The summed E-state index contributed by atoms with van der Waals surface area (Å²) in [5.41, 5.74) is 1.69. The average Bonchev–Trinajstić information content (AvgIpc) is 3.57. The molecule has 4 aromatic heterocycles. The molecule has 4 heterocycles. The fourth-order valence-electron chi connectivity index (χ4n) is 5.59. The number of hydrogen-bond acceptors (Lipinski definition) is 8. The van der Waals surface area contributed by atoms with E-state index in [0.717, 1.165) is 0 Å². The summed E-state index contributed by atoms with van der Waals surface area (Å²) in [6.07, 6.45) is 2.36. The monoisotopic (exact) mass is 621 g/mol. The molecule has 0 amide bonds.